The van der Waals surface area contributed by atoms with E-state index in [9.17, 15) is 4.79 Å². The van der Waals surface area contributed by atoms with E-state index in [1.165, 1.54) is 7.11 Å². The summed E-state index contributed by atoms with van der Waals surface area (Å²) >= 11 is 1.59. The Morgan fingerprint density at radius 2 is 2.26 bits per heavy atom. The van der Waals surface area contributed by atoms with Gasteiger partial charge >= 0.3 is 5.97 Å². The maximum Gasteiger partial charge on any atom is 0.356 e. The maximum absolute atomic E-state index is 11.7. The van der Waals surface area contributed by atoms with E-state index >= 15 is 0 Å². The van der Waals surface area contributed by atoms with E-state index in [4.69, 9.17) is 4.74 Å². The van der Waals surface area contributed by atoms with E-state index in [1.54, 1.807) is 21.9 Å². The second-order valence-corrected chi connectivity index (χ2v) is 5.00. The van der Waals surface area contributed by atoms with Gasteiger partial charge in [-0.25, -0.2) is 14.3 Å². The number of carbonyl (C=O) groups is 1. The Labute approximate surface area is 113 Å². The summed E-state index contributed by atoms with van der Waals surface area (Å²) in [4.78, 5) is 17.0. The molecular weight excluding hydrogens is 262 g/mol. The Kier molecular flexibility index (Phi) is 2.79. The number of fused-ring (bicyclic) bond motifs is 1. The third kappa shape index (κ3) is 2.00. The molecule has 0 spiro atoms. The lowest BCUT2D eigenvalue weighted by Gasteiger charge is -2.05. The third-order valence-corrected chi connectivity index (χ3v) is 3.61. The fourth-order valence-electron chi connectivity index (χ4n) is 1.90. The standard InChI is InChI=1S/C13H11N3O2S/c1-8-6-12-14-9(13(17)18-2)7-10(16(12)15-8)11-4-3-5-19-11/h3-7H,1-2H3. The molecule has 3 heterocycles. The molecule has 0 fully saturated rings. The minimum Gasteiger partial charge on any atom is -0.464 e. The van der Waals surface area contributed by atoms with Gasteiger partial charge in [0.15, 0.2) is 11.3 Å². The zero-order valence-corrected chi connectivity index (χ0v) is 11.3. The van der Waals surface area contributed by atoms with Crippen molar-refractivity contribution in [2.75, 3.05) is 7.11 Å². The lowest BCUT2D eigenvalue weighted by Crippen LogP contribution is -2.07. The molecule has 0 aliphatic carbocycles. The minimum atomic E-state index is -0.445. The number of ether oxygens (including phenoxy) is 1. The summed E-state index contributed by atoms with van der Waals surface area (Å²) in [6.45, 7) is 1.89. The molecule has 6 heteroatoms. The van der Waals surface area contributed by atoms with Gasteiger partial charge in [-0.15, -0.1) is 11.3 Å². The topological polar surface area (TPSA) is 56.5 Å². The number of nitrogens with zero attached hydrogens (tertiary/aromatic N) is 3. The van der Waals surface area contributed by atoms with E-state index in [1.807, 2.05) is 30.5 Å². The molecule has 0 aromatic carbocycles. The lowest BCUT2D eigenvalue weighted by atomic mass is 10.2. The summed E-state index contributed by atoms with van der Waals surface area (Å²) in [6.07, 6.45) is 0. The van der Waals surface area contributed by atoms with E-state index in [0.29, 0.717) is 11.3 Å². The molecule has 0 radical (unpaired) electrons. The first kappa shape index (κ1) is 11.9. The maximum atomic E-state index is 11.7. The molecule has 0 atom stereocenters. The number of carbonyl (C=O) groups excluding carboxylic acids is 1. The van der Waals surface area contributed by atoms with Crippen LogP contribution < -0.4 is 0 Å². The number of hydrogen-bond donors (Lipinski definition) is 0. The zero-order chi connectivity index (χ0) is 13.4. The quantitative estimate of drug-likeness (QED) is 0.673. The summed E-state index contributed by atoms with van der Waals surface area (Å²) in [5.41, 5.74) is 2.63. The van der Waals surface area contributed by atoms with Gasteiger partial charge in [0.2, 0.25) is 0 Å². The molecule has 0 aliphatic rings. The first-order chi connectivity index (χ1) is 9.19. The van der Waals surface area contributed by atoms with Crippen LogP contribution in [0.1, 0.15) is 16.2 Å². The largest absolute Gasteiger partial charge is 0.464 e. The van der Waals surface area contributed by atoms with E-state index in [2.05, 4.69) is 10.1 Å². The average Bonchev–Trinajstić information content (AvgIpc) is 3.04. The van der Waals surface area contributed by atoms with Gasteiger partial charge in [0.25, 0.3) is 0 Å². The fraction of sp³-hybridized carbons (Fsp3) is 0.154. The summed E-state index contributed by atoms with van der Waals surface area (Å²) in [7, 11) is 1.35. The first-order valence-corrected chi connectivity index (χ1v) is 6.56. The SMILES string of the molecule is COC(=O)c1cc(-c2cccs2)n2nc(C)cc2n1. The van der Waals surface area contributed by atoms with Crippen LogP contribution in [0.5, 0.6) is 0 Å². The van der Waals surface area contributed by atoms with Gasteiger partial charge < -0.3 is 4.74 Å². The average molecular weight is 273 g/mol. The monoisotopic (exact) mass is 273 g/mol. The number of hydrogen-bond acceptors (Lipinski definition) is 5. The Hall–Kier alpha value is -2.21. The van der Waals surface area contributed by atoms with Crippen molar-refractivity contribution >= 4 is 23.0 Å². The van der Waals surface area contributed by atoms with Crippen molar-refractivity contribution in [1.82, 2.24) is 14.6 Å². The van der Waals surface area contributed by atoms with E-state index < -0.39 is 5.97 Å². The molecule has 0 bridgehead atoms. The highest BCUT2D eigenvalue weighted by atomic mass is 32.1. The molecule has 0 saturated carbocycles. The van der Waals surface area contributed by atoms with Crippen molar-refractivity contribution < 1.29 is 9.53 Å². The molecule has 3 aromatic rings. The summed E-state index contributed by atoms with van der Waals surface area (Å²) in [5.74, 6) is -0.445. The van der Waals surface area contributed by atoms with Crippen LogP contribution in [-0.2, 0) is 4.74 Å². The number of esters is 1. The van der Waals surface area contributed by atoms with Gasteiger partial charge in [-0.3, -0.25) is 0 Å². The Balaban J connectivity index is 2.31. The number of thiophene rings is 1. The van der Waals surface area contributed by atoms with Crippen LogP contribution in [-0.4, -0.2) is 27.7 Å². The van der Waals surface area contributed by atoms with E-state index in [-0.39, 0.29) is 0 Å². The Morgan fingerprint density at radius 1 is 1.42 bits per heavy atom. The number of aromatic nitrogens is 3. The van der Waals surface area contributed by atoms with Gasteiger partial charge in [-0.2, -0.15) is 5.10 Å². The highest BCUT2D eigenvalue weighted by Crippen LogP contribution is 2.26. The van der Waals surface area contributed by atoms with Gasteiger partial charge in [-0.05, 0) is 24.4 Å². The molecule has 96 valence electrons. The van der Waals surface area contributed by atoms with Gasteiger partial charge in [0.05, 0.1) is 23.4 Å². The molecule has 3 aromatic heterocycles. The zero-order valence-electron chi connectivity index (χ0n) is 10.5. The van der Waals surface area contributed by atoms with Crippen molar-refractivity contribution in [3.63, 3.8) is 0 Å². The van der Waals surface area contributed by atoms with Crippen LogP contribution in [0.3, 0.4) is 0 Å². The molecule has 0 N–H and O–H groups in total. The van der Waals surface area contributed by atoms with Crippen LogP contribution in [0.25, 0.3) is 16.2 Å². The molecule has 0 unspecified atom stereocenters. The molecule has 0 aliphatic heterocycles. The van der Waals surface area contributed by atoms with Crippen molar-refractivity contribution in [2.45, 2.75) is 6.92 Å². The molecule has 5 nitrogen and oxygen atoms in total. The highest BCUT2D eigenvalue weighted by molar-refractivity contribution is 7.13. The third-order valence-electron chi connectivity index (χ3n) is 2.72. The Morgan fingerprint density at radius 3 is 2.95 bits per heavy atom. The van der Waals surface area contributed by atoms with Crippen LogP contribution in [0.4, 0.5) is 0 Å². The summed E-state index contributed by atoms with van der Waals surface area (Å²) < 4.78 is 6.48. The molecule has 3 rings (SSSR count). The summed E-state index contributed by atoms with van der Waals surface area (Å²) in [6, 6.07) is 7.48. The van der Waals surface area contributed by atoms with Gasteiger partial charge in [0.1, 0.15) is 0 Å². The fourth-order valence-corrected chi connectivity index (χ4v) is 2.63. The normalized spacial score (nSPS) is 10.8. The second kappa shape index (κ2) is 4.47. The van der Waals surface area contributed by atoms with Crippen LogP contribution in [0.2, 0.25) is 0 Å². The smallest absolute Gasteiger partial charge is 0.356 e. The van der Waals surface area contributed by atoms with Crippen molar-refractivity contribution in [2.24, 2.45) is 0 Å². The Bertz CT molecular complexity index is 747. The minimum absolute atomic E-state index is 0.290. The molecule has 0 saturated heterocycles. The number of methoxy groups -OCH3 is 1. The number of rotatable bonds is 2. The van der Waals surface area contributed by atoms with Crippen molar-refractivity contribution in [1.29, 1.82) is 0 Å². The lowest BCUT2D eigenvalue weighted by molar-refractivity contribution is 0.0594. The number of aryl methyl sites for hydroxylation is 1. The van der Waals surface area contributed by atoms with Crippen molar-refractivity contribution in [3.05, 3.63) is 41.0 Å². The summed E-state index contributed by atoms with van der Waals surface area (Å²) in [5, 5.41) is 6.39. The van der Waals surface area contributed by atoms with Crippen molar-refractivity contribution in [3.8, 4) is 10.6 Å². The van der Waals surface area contributed by atoms with Crippen LogP contribution >= 0.6 is 11.3 Å². The molecule has 19 heavy (non-hydrogen) atoms. The predicted molar refractivity (Wildman–Crippen MR) is 72.4 cm³/mol. The van der Waals surface area contributed by atoms with Crippen LogP contribution in [0, 0.1) is 6.92 Å². The second-order valence-electron chi connectivity index (χ2n) is 4.05. The first-order valence-electron chi connectivity index (χ1n) is 5.68. The molecular formula is C13H11N3O2S. The molecule has 0 amide bonds. The van der Waals surface area contributed by atoms with Crippen LogP contribution in [0.15, 0.2) is 29.6 Å². The highest BCUT2D eigenvalue weighted by Gasteiger charge is 2.15. The van der Waals surface area contributed by atoms with Gasteiger partial charge in [0, 0.05) is 6.07 Å². The predicted octanol–water partition coefficient (Wildman–Crippen LogP) is 2.55. The van der Waals surface area contributed by atoms with Gasteiger partial charge in [-0.1, -0.05) is 6.07 Å². The van der Waals surface area contributed by atoms with E-state index in [0.717, 1.165) is 16.3 Å².